The number of para-hydroxylation sites is 1. The van der Waals surface area contributed by atoms with Crippen molar-refractivity contribution < 1.29 is 24.3 Å². The SMILES string of the molecule is O=C(Nc1ccccc1C(=O)O)c1ccc2c(c1)C(=O)N(Cc1ccccc1)C2=O. The van der Waals surface area contributed by atoms with Crippen molar-refractivity contribution in [2.45, 2.75) is 6.54 Å². The zero-order valence-corrected chi connectivity index (χ0v) is 15.7. The molecule has 0 fully saturated rings. The second kappa shape index (κ2) is 7.63. The minimum absolute atomic E-state index is 0.0488. The van der Waals surface area contributed by atoms with Crippen LogP contribution < -0.4 is 5.32 Å². The van der Waals surface area contributed by atoms with Gasteiger partial charge in [0.25, 0.3) is 17.7 Å². The molecule has 30 heavy (non-hydrogen) atoms. The van der Waals surface area contributed by atoms with Gasteiger partial charge in [0, 0.05) is 5.56 Å². The van der Waals surface area contributed by atoms with Crippen LogP contribution in [0.25, 0.3) is 0 Å². The van der Waals surface area contributed by atoms with E-state index in [2.05, 4.69) is 5.32 Å². The van der Waals surface area contributed by atoms with Crippen LogP contribution in [0.15, 0.2) is 72.8 Å². The minimum Gasteiger partial charge on any atom is -0.478 e. The molecule has 0 bridgehead atoms. The molecule has 0 unspecified atom stereocenters. The summed E-state index contributed by atoms with van der Waals surface area (Å²) < 4.78 is 0. The lowest BCUT2D eigenvalue weighted by atomic mass is 10.0. The normalized spacial score (nSPS) is 12.6. The number of carboxylic acids is 1. The van der Waals surface area contributed by atoms with Gasteiger partial charge in [0.1, 0.15) is 0 Å². The molecule has 0 saturated carbocycles. The topological polar surface area (TPSA) is 104 Å². The lowest BCUT2D eigenvalue weighted by molar-refractivity contribution is 0.0639. The van der Waals surface area contributed by atoms with Crippen molar-refractivity contribution in [3.8, 4) is 0 Å². The van der Waals surface area contributed by atoms with Gasteiger partial charge >= 0.3 is 5.97 Å². The molecule has 7 heteroatoms. The van der Waals surface area contributed by atoms with Gasteiger partial charge in [0.2, 0.25) is 0 Å². The fraction of sp³-hybridized carbons (Fsp3) is 0.0435. The average Bonchev–Trinajstić information content (AvgIpc) is 2.99. The van der Waals surface area contributed by atoms with E-state index < -0.39 is 23.7 Å². The first-order valence-electron chi connectivity index (χ1n) is 9.13. The van der Waals surface area contributed by atoms with E-state index in [4.69, 9.17) is 0 Å². The van der Waals surface area contributed by atoms with E-state index in [1.54, 1.807) is 12.1 Å². The zero-order chi connectivity index (χ0) is 21.3. The molecule has 1 aliphatic rings. The summed E-state index contributed by atoms with van der Waals surface area (Å²) in [6.07, 6.45) is 0. The number of carboxylic acid groups (broad SMARTS) is 1. The number of rotatable bonds is 5. The molecule has 2 N–H and O–H groups in total. The van der Waals surface area contributed by atoms with E-state index in [9.17, 15) is 24.3 Å². The highest BCUT2D eigenvalue weighted by molar-refractivity contribution is 6.22. The quantitative estimate of drug-likeness (QED) is 0.639. The van der Waals surface area contributed by atoms with Crippen LogP contribution in [0.3, 0.4) is 0 Å². The van der Waals surface area contributed by atoms with Crippen molar-refractivity contribution in [2.24, 2.45) is 0 Å². The monoisotopic (exact) mass is 400 g/mol. The lowest BCUT2D eigenvalue weighted by Gasteiger charge is -2.13. The largest absolute Gasteiger partial charge is 0.478 e. The molecule has 1 heterocycles. The van der Waals surface area contributed by atoms with Crippen LogP contribution in [-0.2, 0) is 6.54 Å². The van der Waals surface area contributed by atoms with Crippen LogP contribution >= 0.6 is 0 Å². The summed E-state index contributed by atoms with van der Waals surface area (Å²) in [5.74, 6) is -2.63. The Hall–Kier alpha value is -4.26. The van der Waals surface area contributed by atoms with Crippen molar-refractivity contribution in [3.05, 3.63) is 101 Å². The van der Waals surface area contributed by atoms with Gasteiger partial charge in [-0.3, -0.25) is 19.3 Å². The number of nitrogens with one attached hydrogen (secondary N) is 1. The standard InChI is InChI=1S/C23H16N2O5/c26-20(24-19-9-5-4-8-17(19)23(29)30)15-10-11-16-18(12-15)22(28)25(21(16)27)13-14-6-2-1-3-7-14/h1-12H,13H2,(H,24,26)(H,29,30). The molecule has 0 aliphatic carbocycles. The molecule has 0 spiro atoms. The zero-order valence-electron chi connectivity index (χ0n) is 15.7. The van der Waals surface area contributed by atoms with Gasteiger partial charge in [-0.1, -0.05) is 42.5 Å². The Bertz CT molecular complexity index is 1190. The summed E-state index contributed by atoms with van der Waals surface area (Å²) in [5, 5.41) is 11.8. The number of aromatic carboxylic acids is 1. The number of anilines is 1. The minimum atomic E-state index is -1.17. The molecule has 3 aromatic carbocycles. The third-order valence-corrected chi connectivity index (χ3v) is 4.82. The van der Waals surface area contributed by atoms with Gasteiger partial charge in [0.15, 0.2) is 0 Å². The molecule has 0 aromatic heterocycles. The average molecular weight is 400 g/mol. The molecule has 4 rings (SSSR count). The first-order valence-corrected chi connectivity index (χ1v) is 9.13. The second-order valence-electron chi connectivity index (χ2n) is 6.75. The van der Waals surface area contributed by atoms with E-state index in [1.807, 2.05) is 30.3 Å². The number of carbonyl (C=O) groups is 4. The Morgan fingerprint density at radius 2 is 1.50 bits per heavy atom. The number of fused-ring (bicyclic) bond motifs is 1. The first-order chi connectivity index (χ1) is 14.5. The van der Waals surface area contributed by atoms with Crippen molar-refractivity contribution >= 4 is 29.4 Å². The summed E-state index contributed by atoms with van der Waals surface area (Å²) in [5.41, 5.74) is 1.44. The Morgan fingerprint density at radius 1 is 0.833 bits per heavy atom. The predicted molar refractivity (Wildman–Crippen MR) is 108 cm³/mol. The summed E-state index contributed by atoms with van der Waals surface area (Å²) in [6, 6.07) is 19.4. The highest BCUT2D eigenvalue weighted by Gasteiger charge is 2.36. The number of carbonyl (C=O) groups excluding carboxylic acids is 3. The van der Waals surface area contributed by atoms with E-state index >= 15 is 0 Å². The summed E-state index contributed by atoms with van der Waals surface area (Å²) in [7, 11) is 0. The van der Waals surface area contributed by atoms with E-state index in [0.717, 1.165) is 10.5 Å². The van der Waals surface area contributed by atoms with Gasteiger partial charge in [-0.25, -0.2) is 4.79 Å². The lowest BCUT2D eigenvalue weighted by Crippen LogP contribution is -2.29. The Labute approximate surface area is 171 Å². The van der Waals surface area contributed by atoms with Crippen LogP contribution in [0, 0.1) is 0 Å². The Morgan fingerprint density at radius 3 is 2.23 bits per heavy atom. The van der Waals surface area contributed by atoms with Crippen LogP contribution in [0.5, 0.6) is 0 Å². The smallest absolute Gasteiger partial charge is 0.337 e. The third-order valence-electron chi connectivity index (χ3n) is 4.82. The van der Waals surface area contributed by atoms with Gasteiger partial charge < -0.3 is 10.4 Å². The number of hydrogen-bond acceptors (Lipinski definition) is 4. The van der Waals surface area contributed by atoms with Crippen molar-refractivity contribution in [3.63, 3.8) is 0 Å². The van der Waals surface area contributed by atoms with E-state index in [0.29, 0.717) is 0 Å². The highest BCUT2D eigenvalue weighted by atomic mass is 16.4. The number of imide groups is 1. The summed E-state index contributed by atoms with van der Waals surface area (Å²) >= 11 is 0. The summed E-state index contributed by atoms with van der Waals surface area (Å²) in [4.78, 5) is 50.5. The van der Waals surface area contributed by atoms with Crippen molar-refractivity contribution in [2.75, 3.05) is 5.32 Å². The molecule has 7 nitrogen and oxygen atoms in total. The third kappa shape index (κ3) is 3.44. The fourth-order valence-electron chi connectivity index (χ4n) is 3.31. The first kappa shape index (κ1) is 19.1. The molecular weight excluding hydrogens is 384 g/mol. The van der Waals surface area contributed by atoms with Gasteiger partial charge in [-0.2, -0.15) is 0 Å². The molecule has 3 aromatic rings. The number of benzene rings is 3. The molecule has 0 saturated heterocycles. The van der Waals surface area contributed by atoms with Crippen molar-refractivity contribution in [1.82, 2.24) is 4.90 Å². The predicted octanol–water partition coefficient (Wildman–Crippen LogP) is 3.43. The molecule has 148 valence electrons. The second-order valence-corrected chi connectivity index (χ2v) is 6.75. The molecule has 0 radical (unpaired) electrons. The van der Waals surface area contributed by atoms with Crippen molar-refractivity contribution in [1.29, 1.82) is 0 Å². The molecular formula is C23H16N2O5. The van der Waals surface area contributed by atoms with E-state index in [-0.39, 0.29) is 34.5 Å². The number of amides is 3. The van der Waals surface area contributed by atoms with E-state index in [1.165, 1.54) is 30.3 Å². The van der Waals surface area contributed by atoms with Gasteiger partial charge in [-0.05, 0) is 35.9 Å². The fourth-order valence-corrected chi connectivity index (χ4v) is 3.31. The van der Waals surface area contributed by atoms with Gasteiger partial charge in [-0.15, -0.1) is 0 Å². The Kier molecular flexibility index (Phi) is 4.85. The Balaban J connectivity index is 1.59. The highest BCUT2D eigenvalue weighted by Crippen LogP contribution is 2.26. The van der Waals surface area contributed by atoms with Gasteiger partial charge in [0.05, 0.1) is 28.9 Å². The van der Waals surface area contributed by atoms with Crippen LogP contribution in [0.4, 0.5) is 5.69 Å². The number of hydrogen-bond donors (Lipinski definition) is 2. The molecule has 1 aliphatic heterocycles. The van der Waals surface area contributed by atoms with Crippen LogP contribution in [0.2, 0.25) is 0 Å². The molecule has 3 amide bonds. The maximum absolute atomic E-state index is 12.8. The number of nitrogens with zero attached hydrogens (tertiary/aromatic N) is 1. The van der Waals surface area contributed by atoms with Crippen LogP contribution in [0.1, 0.15) is 47.0 Å². The maximum Gasteiger partial charge on any atom is 0.337 e. The summed E-state index contributed by atoms with van der Waals surface area (Å²) in [6.45, 7) is 0.140. The van der Waals surface area contributed by atoms with Crippen LogP contribution in [-0.4, -0.2) is 33.7 Å². The molecule has 0 atom stereocenters. The maximum atomic E-state index is 12.8.